The maximum absolute atomic E-state index is 9.08. The number of hydrogen-bond donors (Lipinski definition) is 1. The molecule has 1 aliphatic rings. The first-order valence-corrected chi connectivity index (χ1v) is 6.23. The zero-order chi connectivity index (χ0) is 13.0. The van der Waals surface area contributed by atoms with Crippen molar-refractivity contribution in [2.45, 2.75) is 25.4 Å². The molecule has 0 aliphatic heterocycles. The minimum Gasteiger partial charge on any atom is -0.497 e. The number of nitrogens with zero attached hydrogens (tertiary/aromatic N) is 1. The molecule has 4 heteroatoms. The largest absolute Gasteiger partial charge is 0.497 e. The lowest BCUT2D eigenvalue weighted by Crippen LogP contribution is -2.27. The van der Waals surface area contributed by atoms with Gasteiger partial charge >= 0.3 is 0 Å². The van der Waals surface area contributed by atoms with E-state index in [1.165, 1.54) is 0 Å². The Morgan fingerprint density at radius 3 is 2.94 bits per heavy atom. The molecule has 0 heterocycles. The molecular formula is C14H18N2O2. The van der Waals surface area contributed by atoms with E-state index < -0.39 is 0 Å². The molecule has 2 atom stereocenters. The van der Waals surface area contributed by atoms with Gasteiger partial charge in [-0.25, -0.2) is 0 Å². The normalized spacial score (nSPS) is 22.5. The number of nitrogens with two attached hydrogens (primary N) is 1. The van der Waals surface area contributed by atoms with Crippen molar-refractivity contribution in [3.8, 4) is 17.6 Å². The lowest BCUT2D eigenvalue weighted by atomic mass is 10.1. The summed E-state index contributed by atoms with van der Waals surface area (Å²) in [6.07, 6.45) is 3.37. The van der Waals surface area contributed by atoms with Crippen LogP contribution in [-0.2, 0) is 0 Å². The summed E-state index contributed by atoms with van der Waals surface area (Å²) in [5.41, 5.74) is 6.28. The van der Waals surface area contributed by atoms with Crippen molar-refractivity contribution < 1.29 is 9.47 Å². The van der Waals surface area contributed by atoms with Crippen LogP contribution in [0.3, 0.4) is 0 Å². The van der Waals surface area contributed by atoms with Crippen molar-refractivity contribution >= 4 is 0 Å². The lowest BCUT2D eigenvalue weighted by molar-refractivity contribution is 0.161. The first-order valence-electron chi connectivity index (χ1n) is 6.23. The van der Waals surface area contributed by atoms with Gasteiger partial charge in [0.1, 0.15) is 23.7 Å². The highest BCUT2D eigenvalue weighted by atomic mass is 16.5. The van der Waals surface area contributed by atoms with E-state index in [1.54, 1.807) is 25.3 Å². The Balaban J connectivity index is 2.19. The Labute approximate surface area is 107 Å². The smallest absolute Gasteiger partial charge is 0.141 e. The van der Waals surface area contributed by atoms with Crippen molar-refractivity contribution in [2.75, 3.05) is 13.7 Å². The van der Waals surface area contributed by atoms with Crippen molar-refractivity contribution in [1.82, 2.24) is 0 Å². The van der Waals surface area contributed by atoms with Crippen molar-refractivity contribution in [1.29, 1.82) is 5.26 Å². The van der Waals surface area contributed by atoms with Crippen LogP contribution in [-0.4, -0.2) is 19.8 Å². The summed E-state index contributed by atoms with van der Waals surface area (Å²) in [7, 11) is 1.60. The van der Waals surface area contributed by atoms with Gasteiger partial charge in [0, 0.05) is 12.0 Å². The van der Waals surface area contributed by atoms with Gasteiger partial charge in [-0.15, -0.1) is 0 Å². The van der Waals surface area contributed by atoms with Gasteiger partial charge in [-0.3, -0.25) is 0 Å². The average Bonchev–Trinajstić information content (AvgIpc) is 2.86. The number of benzene rings is 1. The standard InChI is InChI=1S/C14H18N2O2/c1-17-12-6-5-11(9-16)14(7-12)18-13-4-2-3-10(13)8-15/h5-7,10,13H,2-4,8,15H2,1H3. The first-order chi connectivity index (χ1) is 8.78. The fourth-order valence-corrected chi connectivity index (χ4v) is 2.41. The van der Waals surface area contributed by atoms with Gasteiger partial charge in [-0.2, -0.15) is 5.26 Å². The Morgan fingerprint density at radius 2 is 2.28 bits per heavy atom. The Hall–Kier alpha value is -1.73. The zero-order valence-corrected chi connectivity index (χ0v) is 10.6. The van der Waals surface area contributed by atoms with Crippen LogP contribution in [0.15, 0.2) is 18.2 Å². The van der Waals surface area contributed by atoms with Gasteiger partial charge in [0.25, 0.3) is 0 Å². The van der Waals surface area contributed by atoms with E-state index in [4.69, 9.17) is 20.5 Å². The maximum Gasteiger partial charge on any atom is 0.141 e. The molecule has 1 aromatic rings. The summed E-state index contributed by atoms with van der Waals surface area (Å²) < 4.78 is 11.1. The predicted octanol–water partition coefficient (Wildman–Crippen LogP) is 2.07. The predicted molar refractivity (Wildman–Crippen MR) is 68.5 cm³/mol. The highest BCUT2D eigenvalue weighted by Gasteiger charge is 2.28. The zero-order valence-electron chi connectivity index (χ0n) is 10.6. The number of nitriles is 1. The highest BCUT2D eigenvalue weighted by molar-refractivity contribution is 5.47. The van der Waals surface area contributed by atoms with Gasteiger partial charge in [-0.1, -0.05) is 0 Å². The van der Waals surface area contributed by atoms with Gasteiger partial charge in [0.2, 0.25) is 0 Å². The summed E-state index contributed by atoms with van der Waals surface area (Å²) in [4.78, 5) is 0. The topological polar surface area (TPSA) is 68.3 Å². The lowest BCUT2D eigenvalue weighted by Gasteiger charge is -2.20. The number of rotatable bonds is 4. The molecule has 1 aliphatic carbocycles. The van der Waals surface area contributed by atoms with E-state index in [-0.39, 0.29) is 6.10 Å². The quantitative estimate of drug-likeness (QED) is 0.883. The molecule has 18 heavy (non-hydrogen) atoms. The second kappa shape index (κ2) is 5.74. The molecule has 0 saturated heterocycles. The number of methoxy groups -OCH3 is 1. The van der Waals surface area contributed by atoms with Crippen LogP contribution >= 0.6 is 0 Å². The minimum atomic E-state index is 0.120. The van der Waals surface area contributed by atoms with Crippen molar-refractivity contribution in [3.05, 3.63) is 23.8 Å². The molecule has 2 N–H and O–H groups in total. The summed E-state index contributed by atoms with van der Waals surface area (Å²) in [6, 6.07) is 7.40. The molecule has 2 rings (SSSR count). The van der Waals surface area contributed by atoms with Crippen LogP contribution in [0, 0.1) is 17.2 Å². The summed E-state index contributed by atoms with van der Waals surface area (Å²) in [5, 5.41) is 9.08. The molecular weight excluding hydrogens is 228 g/mol. The molecule has 4 nitrogen and oxygen atoms in total. The SMILES string of the molecule is COc1ccc(C#N)c(OC2CCCC2CN)c1. The summed E-state index contributed by atoms with van der Waals surface area (Å²) in [6.45, 7) is 0.635. The molecule has 1 saturated carbocycles. The van der Waals surface area contributed by atoms with Gasteiger partial charge in [0.05, 0.1) is 12.7 Å². The summed E-state index contributed by atoms with van der Waals surface area (Å²) in [5.74, 6) is 1.69. The van der Waals surface area contributed by atoms with Gasteiger partial charge in [-0.05, 0) is 37.9 Å². The number of ether oxygens (including phenoxy) is 2. The highest BCUT2D eigenvalue weighted by Crippen LogP contribution is 2.32. The molecule has 0 bridgehead atoms. The van der Waals surface area contributed by atoms with Crippen LogP contribution in [0.1, 0.15) is 24.8 Å². The third-order valence-electron chi connectivity index (χ3n) is 3.48. The van der Waals surface area contributed by atoms with E-state index in [0.717, 1.165) is 19.3 Å². The first kappa shape index (κ1) is 12.7. The molecule has 0 aromatic heterocycles. The second-order valence-electron chi connectivity index (χ2n) is 4.56. The molecule has 96 valence electrons. The molecule has 0 radical (unpaired) electrons. The number of hydrogen-bond acceptors (Lipinski definition) is 4. The van der Waals surface area contributed by atoms with E-state index >= 15 is 0 Å². The second-order valence-corrected chi connectivity index (χ2v) is 4.56. The fraction of sp³-hybridized carbons (Fsp3) is 0.500. The minimum absolute atomic E-state index is 0.120. The Morgan fingerprint density at radius 1 is 1.44 bits per heavy atom. The Bertz CT molecular complexity index is 454. The molecule has 1 fully saturated rings. The van der Waals surface area contributed by atoms with E-state index in [1.807, 2.05) is 0 Å². The molecule has 0 spiro atoms. The van der Waals surface area contributed by atoms with Crippen LogP contribution in [0.4, 0.5) is 0 Å². The molecule has 2 unspecified atom stereocenters. The summed E-state index contributed by atoms with van der Waals surface area (Å²) >= 11 is 0. The Kier molecular flexibility index (Phi) is 4.06. The van der Waals surface area contributed by atoms with Gasteiger partial charge in [0.15, 0.2) is 0 Å². The van der Waals surface area contributed by atoms with E-state index in [9.17, 15) is 0 Å². The maximum atomic E-state index is 9.08. The fourth-order valence-electron chi connectivity index (χ4n) is 2.41. The van der Waals surface area contributed by atoms with Gasteiger partial charge < -0.3 is 15.2 Å². The molecule has 1 aromatic carbocycles. The van der Waals surface area contributed by atoms with Crippen LogP contribution in [0.5, 0.6) is 11.5 Å². The van der Waals surface area contributed by atoms with E-state index in [0.29, 0.717) is 29.5 Å². The third kappa shape index (κ3) is 2.57. The molecule has 0 amide bonds. The van der Waals surface area contributed by atoms with Crippen molar-refractivity contribution in [2.24, 2.45) is 11.7 Å². The average molecular weight is 246 g/mol. The van der Waals surface area contributed by atoms with Crippen molar-refractivity contribution in [3.63, 3.8) is 0 Å². The van der Waals surface area contributed by atoms with Crippen LogP contribution in [0.2, 0.25) is 0 Å². The van der Waals surface area contributed by atoms with E-state index in [2.05, 4.69) is 6.07 Å². The third-order valence-corrected chi connectivity index (χ3v) is 3.48. The van der Waals surface area contributed by atoms with Crippen LogP contribution in [0.25, 0.3) is 0 Å². The monoisotopic (exact) mass is 246 g/mol. The van der Waals surface area contributed by atoms with Crippen LogP contribution < -0.4 is 15.2 Å².